The van der Waals surface area contributed by atoms with Crippen molar-refractivity contribution in [3.8, 4) is 0 Å². The monoisotopic (exact) mass is 432 g/mol. The van der Waals surface area contributed by atoms with E-state index >= 15 is 0 Å². The second-order valence-electron chi connectivity index (χ2n) is 9.47. The lowest BCUT2D eigenvalue weighted by Gasteiger charge is -2.57. The third-order valence-corrected chi connectivity index (χ3v) is 8.82. The lowest BCUT2D eigenvalue weighted by molar-refractivity contribution is -0.125. The van der Waals surface area contributed by atoms with Crippen molar-refractivity contribution in [1.29, 1.82) is 0 Å². The minimum absolute atomic E-state index is 0.287. The van der Waals surface area contributed by atoms with Gasteiger partial charge in [-0.15, -0.1) is 11.3 Å². The second kappa shape index (κ2) is 8.77. The first-order valence-corrected chi connectivity index (χ1v) is 12.6. The zero-order valence-corrected chi connectivity index (χ0v) is 19.1. The first-order chi connectivity index (χ1) is 14.7. The van der Waals surface area contributed by atoms with Crippen molar-refractivity contribution in [1.82, 2.24) is 15.5 Å². The number of fused-ring (bicyclic) bond motifs is 2. The maximum Gasteiger partial charge on any atom is 0.191 e. The van der Waals surface area contributed by atoms with Crippen molar-refractivity contribution in [2.75, 3.05) is 39.9 Å². The van der Waals surface area contributed by atoms with E-state index in [9.17, 15) is 0 Å². The van der Waals surface area contributed by atoms with E-state index in [1.165, 1.54) is 37.0 Å². The Hall–Kier alpha value is -1.15. The Balaban J connectivity index is 1.25. The van der Waals surface area contributed by atoms with Crippen molar-refractivity contribution in [2.24, 2.45) is 16.3 Å². The largest absolute Gasteiger partial charge is 0.377 e. The average molecular weight is 433 g/mol. The SMILES string of the molecule is CN=C(NCC(c1cccs1)N1CCOC(C)C1)NC1C2CCOC2C12CCCC2. The molecule has 1 aromatic heterocycles. The molecular weight excluding hydrogens is 396 g/mol. The summed E-state index contributed by atoms with van der Waals surface area (Å²) in [6, 6.07) is 5.26. The van der Waals surface area contributed by atoms with E-state index in [4.69, 9.17) is 9.47 Å². The Kier molecular flexibility index (Phi) is 6.06. The van der Waals surface area contributed by atoms with Gasteiger partial charge in [0.15, 0.2) is 5.96 Å². The van der Waals surface area contributed by atoms with Gasteiger partial charge in [0.2, 0.25) is 0 Å². The van der Waals surface area contributed by atoms with Crippen molar-refractivity contribution < 1.29 is 9.47 Å². The number of nitrogens with one attached hydrogen (secondary N) is 2. The standard InChI is InChI=1S/C23H36N4O2S/c1-16-15-27(10-12-28-16)18(19-6-5-13-30-19)14-25-22(24-2)26-20-17-7-11-29-21(17)23(20)8-3-4-9-23/h5-6,13,16-18,20-21H,3-4,7-12,14-15H2,1-2H3,(H2,24,25,26). The van der Waals surface area contributed by atoms with Crippen LogP contribution < -0.4 is 10.6 Å². The van der Waals surface area contributed by atoms with Crippen molar-refractivity contribution in [3.05, 3.63) is 22.4 Å². The van der Waals surface area contributed by atoms with Crippen LogP contribution >= 0.6 is 11.3 Å². The topological polar surface area (TPSA) is 58.1 Å². The fourth-order valence-corrected chi connectivity index (χ4v) is 7.32. The predicted octanol–water partition coefficient (Wildman–Crippen LogP) is 3.02. The van der Waals surface area contributed by atoms with Gasteiger partial charge in [0.1, 0.15) is 0 Å². The van der Waals surface area contributed by atoms with Gasteiger partial charge in [-0.3, -0.25) is 9.89 Å². The lowest BCUT2D eigenvalue weighted by Crippen LogP contribution is -2.69. The lowest BCUT2D eigenvalue weighted by atomic mass is 9.54. The first kappa shape index (κ1) is 20.7. The summed E-state index contributed by atoms with van der Waals surface area (Å²) in [5, 5.41) is 9.69. The van der Waals surface area contributed by atoms with Gasteiger partial charge in [0.25, 0.3) is 0 Å². The van der Waals surface area contributed by atoms with E-state index in [-0.39, 0.29) is 6.10 Å². The molecule has 5 rings (SSSR count). The van der Waals surface area contributed by atoms with Gasteiger partial charge in [-0.1, -0.05) is 18.9 Å². The fraction of sp³-hybridized carbons (Fsp3) is 0.783. The number of rotatable bonds is 5. The van der Waals surface area contributed by atoms with E-state index in [0.717, 1.165) is 38.8 Å². The van der Waals surface area contributed by atoms with Crippen LogP contribution in [0.5, 0.6) is 0 Å². The molecule has 2 aliphatic carbocycles. The molecular formula is C23H36N4O2S. The summed E-state index contributed by atoms with van der Waals surface area (Å²) < 4.78 is 11.9. The number of aliphatic imine (C=N–C) groups is 1. The summed E-state index contributed by atoms with van der Waals surface area (Å²) in [5.41, 5.74) is 0.339. The molecule has 2 saturated heterocycles. The van der Waals surface area contributed by atoms with Crippen molar-refractivity contribution in [2.45, 2.75) is 63.3 Å². The van der Waals surface area contributed by atoms with Crippen molar-refractivity contribution in [3.63, 3.8) is 0 Å². The van der Waals surface area contributed by atoms with Crippen LogP contribution in [0.1, 0.15) is 49.9 Å². The highest BCUT2D eigenvalue weighted by molar-refractivity contribution is 7.10. The summed E-state index contributed by atoms with van der Waals surface area (Å²) >= 11 is 1.84. The highest BCUT2D eigenvalue weighted by Crippen LogP contribution is 2.60. The molecule has 0 aromatic carbocycles. The molecule has 0 bridgehead atoms. The number of morpholine rings is 1. The zero-order valence-electron chi connectivity index (χ0n) is 18.3. The minimum Gasteiger partial charge on any atom is -0.377 e. The quantitative estimate of drug-likeness (QED) is 0.553. The number of ether oxygens (including phenoxy) is 2. The van der Waals surface area contributed by atoms with Crippen LogP contribution in [-0.2, 0) is 9.47 Å². The second-order valence-corrected chi connectivity index (χ2v) is 10.4. The average Bonchev–Trinajstić information content (AvgIpc) is 3.51. The van der Waals surface area contributed by atoms with E-state index in [0.29, 0.717) is 29.5 Å². The third kappa shape index (κ3) is 3.68. The minimum atomic E-state index is 0.287. The molecule has 6 nitrogen and oxygen atoms in total. The van der Waals surface area contributed by atoms with E-state index in [1.54, 1.807) is 0 Å². The maximum atomic E-state index is 6.15. The molecule has 1 aromatic rings. The van der Waals surface area contributed by atoms with Gasteiger partial charge in [-0.05, 0) is 37.6 Å². The fourth-order valence-electron chi connectivity index (χ4n) is 6.46. The normalized spacial score (nSPS) is 34.5. The zero-order chi connectivity index (χ0) is 20.6. The third-order valence-electron chi connectivity index (χ3n) is 7.85. The Morgan fingerprint density at radius 2 is 2.20 bits per heavy atom. The molecule has 2 N–H and O–H groups in total. The highest BCUT2D eigenvalue weighted by atomic mass is 32.1. The number of nitrogens with zero attached hydrogens (tertiary/aromatic N) is 2. The maximum absolute atomic E-state index is 6.15. The van der Waals surface area contributed by atoms with Gasteiger partial charge in [-0.25, -0.2) is 0 Å². The Morgan fingerprint density at radius 1 is 1.33 bits per heavy atom. The van der Waals surface area contributed by atoms with Crippen LogP contribution in [0.25, 0.3) is 0 Å². The number of thiophene rings is 1. The van der Waals surface area contributed by atoms with Crippen LogP contribution in [0.15, 0.2) is 22.5 Å². The number of hydrogen-bond acceptors (Lipinski definition) is 5. The van der Waals surface area contributed by atoms with Crippen LogP contribution in [-0.4, -0.2) is 69.0 Å². The Labute approximate surface area is 184 Å². The van der Waals surface area contributed by atoms with E-state index in [2.05, 4.69) is 45.0 Å². The molecule has 2 aliphatic heterocycles. The van der Waals surface area contributed by atoms with E-state index in [1.807, 2.05) is 18.4 Å². The molecule has 2 saturated carbocycles. The molecule has 7 heteroatoms. The molecule has 4 aliphatic rings. The number of guanidine groups is 1. The summed E-state index contributed by atoms with van der Waals surface area (Å²) in [4.78, 5) is 8.57. The summed E-state index contributed by atoms with van der Waals surface area (Å²) in [7, 11) is 1.90. The number of hydrogen-bond donors (Lipinski definition) is 2. The van der Waals surface area contributed by atoms with Crippen LogP contribution in [0.2, 0.25) is 0 Å². The van der Waals surface area contributed by atoms with Gasteiger partial charge in [-0.2, -0.15) is 0 Å². The van der Waals surface area contributed by atoms with Gasteiger partial charge < -0.3 is 20.1 Å². The van der Waals surface area contributed by atoms with Crippen molar-refractivity contribution >= 4 is 17.3 Å². The van der Waals surface area contributed by atoms with Gasteiger partial charge in [0, 0.05) is 55.5 Å². The molecule has 4 fully saturated rings. The summed E-state index contributed by atoms with van der Waals surface area (Å²) in [5.74, 6) is 1.59. The summed E-state index contributed by atoms with van der Waals surface area (Å²) in [6.45, 7) is 6.72. The molecule has 166 valence electrons. The predicted molar refractivity (Wildman–Crippen MR) is 121 cm³/mol. The Bertz CT molecular complexity index is 734. The summed E-state index contributed by atoms with van der Waals surface area (Å²) in [6.07, 6.45) is 7.22. The van der Waals surface area contributed by atoms with E-state index < -0.39 is 0 Å². The smallest absolute Gasteiger partial charge is 0.191 e. The van der Waals surface area contributed by atoms with Crippen LogP contribution in [0, 0.1) is 11.3 Å². The molecule has 0 radical (unpaired) electrons. The first-order valence-electron chi connectivity index (χ1n) is 11.7. The molecule has 0 amide bonds. The molecule has 5 atom stereocenters. The van der Waals surface area contributed by atoms with Gasteiger partial charge in [0.05, 0.1) is 24.9 Å². The van der Waals surface area contributed by atoms with Crippen LogP contribution in [0.4, 0.5) is 0 Å². The Morgan fingerprint density at radius 3 is 2.93 bits per heavy atom. The molecule has 30 heavy (non-hydrogen) atoms. The van der Waals surface area contributed by atoms with Gasteiger partial charge >= 0.3 is 0 Å². The molecule has 1 spiro atoms. The van der Waals surface area contributed by atoms with Crippen LogP contribution in [0.3, 0.4) is 0 Å². The highest BCUT2D eigenvalue weighted by Gasteiger charge is 2.65. The molecule has 3 heterocycles. The molecule has 5 unspecified atom stereocenters.